The number of carbonyl (C=O) groups excluding carboxylic acids is 1. The highest BCUT2D eigenvalue weighted by Crippen LogP contribution is 2.17. The standard InChI is InChI=1S/C11H19N3O4S2/c1-5-18-9(15)6-8-7-19-10(12-8)13-20(16,17)14-11(2,3)4/h7,14H,5-6H2,1-4H3,(H,12,13). The molecule has 0 aliphatic heterocycles. The third kappa shape index (κ3) is 6.31. The Hall–Kier alpha value is -1.19. The summed E-state index contributed by atoms with van der Waals surface area (Å²) in [6.07, 6.45) is 0.0266. The highest BCUT2D eigenvalue weighted by atomic mass is 32.2. The minimum atomic E-state index is -3.69. The summed E-state index contributed by atoms with van der Waals surface area (Å²) in [4.78, 5) is 15.3. The van der Waals surface area contributed by atoms with Crippen LogP contribution in [-0.4, -0.2) is 31.5 Å². The maximum atomic E-state index is 11.8. The number of aromatic nitrogens is 1. The van der Waals surface area contributed by atoms with Gasteiger partial charge in [-0.1, -0.05) is 0 Å². The van der Waals surface area contributed by atoms with Crippen LogP contribution in [0, 0.1) is 0 Å². The molecule has 1 aromatic rings. The Morgan fingerprint density at radius 3 is 2.65 bits per heavy atom. The number of anilines is 1. The lowest BCUT2D eigenvalue weighted by Crippen LogP contribution is -2.43. The maximum Gasteiger partial charge on any atom is 0.311 e. The number of nitrogens with one attached hydrogen (secondary N) is 2. The van der Waals surface area contributed by atoms with Crippen LogP contribution in [0.2, 0.25) is 0 Å². The summed E-state index contributed by atoms with van der Waals surface area (Å²) in [6.45, 7) is 7.23. The number of hydrogen-bond acceptors (Lipinski definition) is 6. The van der Waals surface area contributed by atoms with Crippen molar-refractivity contribution in [1.29, 1.82) is 0 Å². The van der Waals surface area contributed by atoms with Gasteiger partial charge in [-0.05, 0) is 27.7 Å². The normalized spacial score (nSPS) is 12.2. The van der Waals surface area contributed by atoms with E-state index in [1.807, 2.05) is 0 Å². The largest absolute Gasteiger partial charge is 0.466 e. The molecule has 0 saturated carbocycles. The highest BCUT2D eigenvalue weighted by Gasteiger charge is 2.21. The van der Waals surface area contributed by atoms with Crippen molar-refractivity contribution in [2.24, 2.45) is 0 Å². The fourth-order valence-electron chi connectivity index (χ4n) is 1.34. The van der Waals surface area contributed by atoms with Crippen molar-refractivity contribution in [1.82, 2.24) is 9.71 Å². The number of ether oxygens (including phenoxy) is 1. The average molecular weight is 321 g/mol. The Bertz CT molecular complexity index is 560. The molecule has 0 aliphatic rings. The van der Waals surface area contributed by atoms with E-state index >= 15 is 0 Å². The summed E-state index contributed by atoms with van der Waals surface area (Å²) in [6, 6.07) is 0. The summed E-state index contributed by atoms with van der Waals surface area (Å²) in [5.74, 6) is -0.389. The number of esters is 1. The van der Waals surface area contributed by atoms with Gasteiger partial charge in [-0.2, -0.15) is 13.1 Å². The predicted octanol–water partition coefficient (Wildman–Crippen LogP) is 1.29. The minimum Gasteiger partial charge on any atom is -0.466 e. The first-order valence-corrected chi connectivity index (χ1v) is 8.39. The summed E-state index contributed by atoms with van der Waals surface area (Å²) < 4.78 is 33.2. The van der Waals surface area contributed by atoms with Gasteiger partial charge in [-0.15, -0.1) is 11.3 Å². The number of thiazole rings is 1. The van der Waals surface area contributed by atoms with Crippen molar-refractivity contribution >= 4 is 32.6 Å². The fraction of sp³-hybridized carbons (Fsp3) is 0.636. The van der Waals surface area contributed by atoms with Crippen molar-refractivity contribution in [3.63, 3.8) is 0 Å². The van der Waals surface area contributed by atoms with Gasteiger partial charge in [0.15, 0.2) is 5.13 Å². The first kappa shape index (κ1) is 16.9. The lowest BCUT2D eigenvalue weighted by molar-refractivity contribution is -0.142. The zero-order valence-corrected chi connectivity index (χ0v) is 13.5. The van der Waals surface area contributed by atoms with E-state index in [1.54, 1.807) is 33.1 Å². The van der Waals surface area contributed by atoms with Gasteiger partial charge in [0.25, 0.3) is 0 Å². The summed E-state index contributed by atoms with van der Waals surface area (Å²) in [5, 5.41) is 1.83. The second-order valence-corrected chi connectivity index (χ2v) is 7.36. The van der Waals surface area contributed by atoms with Gasteiger partial charge in [-0.3, -0.25) is 4.79 Å². The van der Waals surface area contributed by atoms with Crippen LogP contribution in [0.3, 0.4) is 0 Å². The third-order valence-electron chi connectivity index (χ3n) is 1.84. The monoisotopic (exact) mass is 321 g/mol. The average Bonchev–Trinajstić information content (AvgIpc) is 2.60. The second kappa shape index (κ2) is 6.51. The molecular formula is C11H19N3O4S2. The van der Waals surface area contributed by atoms with Crippen molar-refractivity contribution < 1.29 is 17.9 Å². The number of hydrogen-bond donors (Lipinski definition) is 2. The molecule has 0 aromatic carbocycles. The van der Waals surface area contributed by atoms with Gasteiger partial charge >= 0.3 is 16.2 Å². The molecular weight excluding hydrogens is 302 g/mol. The fourth-order valence-corrected chi connectivity index (χ4v) is 3.55. The van der Waals surface area contributed by atoms with E-state index in [9.17, 15) is 13.2 Å². The summed E-state index contributed by atoms with van der Waals surface area (Å²) in [7, 11) is -3.69. The molecule has 20 heavy (non-hydrogen) atoms. The molecule has 0 saturated heterocycles. The van der Waals surface area contributed by atoms with E-state index in [0.29, 0.717) is 12.3 Å². The number of nitrogens with zero attached hydrogens (tertiary/aromatic N) is 1. The lowest BCUT2D eigenvalue weighted by atomic mass is 10.1. The first-order chi connectivity index (χ1) is 9.11. The van der Waals surface area contributed by atoms with Crippen LogP contribution in [-0.2, 0) is 26.2 Å². The summed E-state index contributed by atoms with van der Waals surface area (Å²) >= 11 is 1.11. The van der Waals surface area contributed by atoms with E-state index in [4.69, 9.17) is 4.74 Å². The number of rotatable bonds is 6. The van der Waals surface area contributed by atoms with Crippen molar-refractivity contribution in [2.75, 3.05) is 11.3 Å². The van der Waals surface area contributed by atoms with Crippen molar-refractivity contribution in [3.05, 3.63) is 11.1 Å². The van der Waals surface area contributed by atoms with Crippen LogP contribution in [0.4, 0.5) is 5.13 Å². The second-order valence-electron chi connectivity index (χ2n) is 5.08. The maximum absolute atomic E-state index is 11.8. The van der Waals surface area contributed by atoms with Gasteiger partial charge in [0.2, 0.25) is 0 Å². The van der Waals surface area contributed by atoms with Crippen LogP contribution in [0.15, 0.2) is 5.38 Å². The highest BCUT2D eigenvalue weighted by molar-refractivity contribution is 7.91. The Balaban J connectivity index is 2.66. The van der Waals surface area contributed by atoms with Crippen molar-refractivity contribution in [3.8, 4) is 0 Å². The van der Waals surface area contributed by atoms with Gasteiger partial charge in [0.05, 0.1) is 18.7 Å². The number of carbonyl (C=O) groups is 1. The molecule has 0 atom stereocenters. The van der Waals surface area contributed by atoms with Gasteiger partial charge < -0.3 is 4.74 Å². The molecule has 0 fully saturated rings. The van der Waals surface area contributed by atoms with E-state index in [-0.39, 0.29) is 17.5 Å². The quantitative estimate of drug-likeness (QED) is 0.770. The molecule has 0 unspecified atom stereocenters. The zero-order valence-electron chi connectivity index (χ0n) is 11.9. The van der Waals surface area contributed by atoms with Crippen LogP contribution in [0.1, 0.15) is 33.4 Å². The molecule has 114 valence electrons. The van der Waals surface area contributed by atoms with E-state index in [2.05, 4.69) is 14.4 Å². The van der Waals surface area contributed by atoms with Gasteiger partial charge in [0.1, 0.15) is 0 Å². The van der Waals surface area contributed by atoms with E-state index < -0.39 is 15.7 Å². The molecule has 0 amide bonds. The molecule has 0 bridgehead atoms. The van der Waals surface area contributed by atoms with Crippen LogP contribution in [0.5, 0.6) is 0 Å². The first-order valence-electron chi connectivity index (χ1n) is 6.03. The predicted molar refractivity (Wildman–Crippen MR) is 77.9 cm³/mol. The molecule has 0 radical (unpaired) electrons. The third-order valence-corrected chi connectivity index (χ3v) is 4.12. The Morgan fingerprint density at radius 2 is 2.10 bits per heavy atom. The Labute approximate surface area is 122 Å². The minimum absolute atomic E-state index is 0.0266. The molecule has 2 N–H and O–H groups in total. The van der Waals surface area contributed by atoms with Crippen LogP contribution >= 0.6 is 11.3 Å². The zero-order chi connectivity index (χ0) is 15.4. The Morgan fingerprint density at radius 1 is 1.45 bits per heavy atom. The van der Waals surface area contributed by atoms with E-state index in [1.165, 1.54) is 0 Å². The molecule has 9 heteroatoms. The van der Waals surface area contributed by atoms with Gasteiger partial charge in [-0.25, -0.2) is 9.71 Å². The van der Waals surface area contributed by atoms with Gasteiger partial charge in [0, 0.05) is 10.9 Å². The van der Waals surface area contributed by atoms with Crippen molar-refractivity contribution in [2.45, 2.75) is 39.7 Å². The topological polar surface area (TPSA) is 97.4 Å². The molecule has 0 aliphatic carbocycles. The van der Waals surface area contributed by atoms with E-state index in [0.717, 1.165) is 11.3 Å². The Kier molecular flexibility index (Phi) is 5.49. The summed E-state index contributed by atoms with van der Waals surface area (Å²) in [5.41, 5.74) is -0.112. The molecule has 7 nitrogen and oxygen atoms in total. The molecule has 1 aromatic heterocycles. The SMILES string of the molecule is CCOC(=O)Cc1csc(NS(=O)(=O)NC(C)(C)C)n1. The lowest BCUT2D eigenvalue weighted by Gasteiger charge is -2.20. The molecule has 1 heterocycles. The molecule has 0 spiro atoms. The van der Waals surface area contributed by atoms with Crippen LogP contribution in [0.25, 0.3) is 0 Å². The molecule has 1 rings (SSSR count). The smallest absolute Gasteiger partial charge is 0.311 e. The van der Waals surface area contributed by atoms with Crippen LogP contribution < -0.4 is 9.44 Å².